The van der Waals surface area contributed by atoms with Gasteiger partial charge in [-0.15, -0.1) is 0 Å². The van der Waals surface area contributed by atoms with E-state index in [1.54, 1.807) is 28.8 Å². The smallest absolute Gasteiger partial charge is 0.272 e. The van der Waals surface area contributed by atoms with Gasteiger partial charge in [-0.3, -0.25) is 14.3 Å². The van der Waals surface area contributed by atoms with Gasteiger partial charge in [0.25, 0.3) is 11.5 Å². The van der Waals surface area contributed by atoms with Crippen LogP contribution in [0.3, 0.4) is 0 Å². The Labute approximate surface area is 145 Å². The second-order valence-electron chi connectivity index (χ2n) is 7.02. The zero-order valence-corrected chi connectivity index (χ0v) is 14.7. The van der Waals surface area contributed by atoms with Crippen molar-refractivity contribution >= 4 is 5.91 Å². The minimum absolute atomic E-state index is 0.00452. The molecule has 1 aliphatic carbocycles. The molecule has 2 aromatic rings. The fourth-order valence-corrected chi connectivity index (χ4v) is 3.39. The van der Waals surface area contributed by atoms with Crippen LogP contribution in [-0.4, -0.2) is 44.3 Å². The average Bonchev–Trinajstić information content (AvgIpc) is 3.25. The van der Waals surface area contributed by atoms with Gasteiger partial charge in [-0.1, -0.05) is 0 Å². The maximum atomic E-state index is 12.5. The summed E-state index contributed by atoms with van der Waals surface area (Å²) in [5.74, 6) is 0.552. The normalized spacial score (nSPS) is 17.5. The highest BCUT2D eigenvalue weighted by molar-refractivity contribution is 5.93. The lowest BCUT2D eigenvalue weighted by atomic mass is 10.1. The second-order valence-corrected chi connectivity index (χ2v) is 7.02. The Morgan fingerprint density at radius 2 is 1.92 bits per heavy atom. The van der Waals surface area contributed by atoms with Crippen molar-refractivity contribution in [3.8, 4) is 5.75 Å². The zero-order valence-electron chi connectivity index (χ0n) is 14.7. The van der Waals surface area contributed by atoms with Crippen LogP contribution < -0.4 is 10.3 Å². The highest BCUT2D eigenvalue weighted by Crippen LogP contribution is 2.35. The summed E-state index contributed by atoms with van der Waals surface area (Å²) in [5.41, 5.74) is 2.34. The van der Waals surface area contributed by atoms with Crippen molar-refractivity contribution in [2.75, 3.05) is 13.1 Å². The van der Waals surface area contributed by atoms with E-state index in [4.69, 9.17) is 4.74 Å². The average molecular weight is 342 g/mol. The summed E-state index contributed by atoms with van der Waals surface area (Å²) in [4.78, 5) is 26.4. The lowest BCUT2D eigenvalue weighted by Gasteiger charge is -2.38. The first-order chi connectivity index (χ1) is 11.9. The lowest BCUT2D eigenvalue weighted by Crippen LogP contribution is -2.56. The number of ether oxygens (including phenoxy) is 1. The standard InChI is InChI=1S/C18H22N4O3/c1-11-6-16(20(3)19-11)18(24)21-9-15(10-21)25-14-7-12(2)22(13-4-5-13)17(23)8-14/h6-8,13,15H,4-5,9-10H2,1-3H3. The molecule has 1 amide bonds. The number of amides is 1. The van der Waals surface area contributed by atoms with Gasteiger partial charge in [0.2, 0.25) is 0 Å². The molecule has 0 N–H and O–H groups in total. The molecule has 3 heterocycles. The van der Waals surface area contributed by atoms with E-state index in [0.29, 0.717) is 30.6 Å². The molecule has 0 atom stereocenters. The van der Waals surface area contributed by atoms with Crippen LogP contribution in [0.5, 0.6) is 5.75 Å². The summed E-state index contributed by atoms with van der Waals surface area (Å²) in [6, 6.07) is 5.62. The number of nitrogens with zero attached hydrogens (tertiary/aromatic N) is 4. The maximum absolute atomic E-state index is 12.5. The van der Waals surface area contributed by atoms with Crippen LogP contribution in [0.15, 0.2) is 23.0 Å². The Morgan fingerprint density at radius 3 is 2.48 bits per heavy atom. The molecular formula is C18H22N4O3. The zero-order chi connectivity index (χ0) is 17.7. The third kappa shape index (κ3) is 2.94. The molecule has 2 aromatic heterocycles. The molecule has 1 aliphatic heterocycles. The number of rotatable bonds is 4. The summed E-state index contributed by atoms with van der Waals surface area (Å²) in [6.45, 7) is 4.85. The monoisotopic (exact) mass is 342 g/mol. The summed E-state index contributed by atoms with van der Waals surface area (Å²) in [6.07, 6.45) is 2.08. The fourth-order valence-electron chi connectivity index (χ4n) is 3.39. The van der Waals surface area contributed by atoms with Crippen molar-refractivity contribution in [1.29, 1.82) is 0 Å². The minimum atomic E-state index is -0.0751. The molecule has 2 aliphatic rings. The number of aryl methyl sites for hydroxylation is 3. The van der Waals surface area contributed by atoms with Crippen molar-refractivity contribution in [3.05, 3.63) is 45.6 Å². The van der Waals surface area contributed by atoms with Gasteiger partial charge in [0, 0.05) is 24.8 Å². The molecule has 2 fully saturated rings. The molecule has 1 saturated carbocycles. The molecule has 4 rings (SSSR count). The topological polar surface area (TPSA) is 69.4 Å². The van der Waals surface area contributed by atoms with Gasteiger partial charge < -0.3 is 14.2 Å². The molecule has 0 radical (unpaired) electrons. The van der Waals surface area contributed by atoms with Crippen molar-refractivity contribution in [2.45, 2.75) is 38.8 Å². The van der Waals surface area contributed by atoms with E-state index in [1.165, 1.54) is 0 Å². The van der Waals surface area contributed by atoms with Crippen LogP contribution in [0.4, 0.5) is 0 Å². The maximum Gasteiger partial charge on any atom is 0.272 e. The van der Waals surface area contributed by atoms with Gasteiger partial charge in [0.15, 0.2) is 0 Å². The quantitative estimate of drug-likeness (QED) is 0.843. The summed E-state index contributed by atoms with van der Waals surface area (Å²) >= 11 is 0. The molecule has 25 heavy (non-hydrogen) atoms. The number of carbonyl (C=O) groups excluding carboxylic acids is 1. The van der Waals surface area contributed by atoms with Crippen molar-refractivity contribution < 1.29 is 9.53 Å². The fraction of sp³-hybridized carbons (Fsp3) is 0.500. The van der Waals surface area contributed by atoms with E-state index in [1.807, 2.05) is 24.5 Å². The summed E-state index contributed by atoms with van der Waals surface area (Å²) in [5, 5.41) is 4.21. The Hall–Kier alpha value is -2.57. The first-order valence-electron chi connectivity index (χ1n) is 8.62. The van der Waals surface area contributed by atoms with Crippen LogP contribution in [0.2, 0.25) is 0 Å². The van der Waals surface area contributed by atoms with Crippen molar-refractivity contribution in [2.24, 2.45) is 7.05 Å². The van der Waals surface area contributed by atoms with Crippen molar-refractivity contribution in [3.63, 3.8) is 0 Å². The van der Waals surface area contributed by atoms with E-state index in [2.05, 4.69) is 5.10 Å². The number of hydrogen-bond donors (Lipinski definition) is 0. The van der Waals surface area contributed by atoms with Crippen LogP contribution in [-0.2, 0) is 7.05 Å². The van der Waals surface area contributed by atoms with Gasteiger partial charge in [-0.2, -0.15) is 5.10 Å². The second kappa shape index (κ2) is 5.75. The first kappa shape index (κ1) is 15.9. The van der Waals surface area contributed by atoms with Gasteiger partial charge in [0.05, 0.1) is 18.8 Å². The van der Waals surface area contributed by atoms with Gasteiger partial charge in [-0.25, -0.2) is 0 Å². The number of carbonyl (C=O) groups is 1. The molecule has 0 unspecified atom stereocenters. The third-order valence-corrected chi connectivity index (χ3v) is 4.81. The van der Waals surface area contributed by atoms with E-state index >= 15 is 0 Å². The number of aromatic nitrogens is 3. The van der Waals surface area contributed by atoms with E-state index in [-0.39, 0.29) is 17.6 Å². The molecule has 1 saturated heterocycles. The van der Waals surface area contributed by atoms with E-state index < -0.39 is 0 Å². The molecule has 0 bridgehead atoms. The van der Waals surface area contributed by atoms with E-state index in [9.17, 15) is 9.59 Å². The minimum Gasteiger partial charge on any atom is -0.486 e. The van der Waals surface area contributed by atoms with Gasteiger partial charge in [-0.05, 0) is 38.8 Å². The van der Waals surface area contributed by atoms with Crippen LogP contribution in [0.25, 0.3) is 0 Å². The first-order valence-corrected chi connectivity index (χ1v) is 8.62. The van der Waals surface area contributed by atoms with Gasteiger partial charge in [0.1, 0.15) is 17.5 Å². The Kier molecular flexibility index (Phi) is 3.67. The molecule has 0 aromatic carbocycles. The molecular weight excluding hydrogens is 320 g/mol. The molecule has 7 heteroatoms. The Bertz CT molecular complexity index is 888. The van der Waals surface area contributed by atoms with E-state index in [0.717, 1.165) is 24.2 Å². The lowest BCUT2D eigenvalue weighted by molar-refractivity contribution is 0.0168. The number of pyridine rings is 1. The summed E-state index contributed by atoms with van der Waals surface area (Å²) < 4.78 is 9.33. The largest absolute Gasteiger partial charge is 0.486 e. The summed E-state index contributed by atoms with van der Waals surface area (Å²) in [7, 11) is 1.77. The number of hydrogen-bond acceptors (Lipinski definition) is 4. The number of likely N-dealkylation sites (tertiary alicyclic amines) is 1. The highest BCUT2D eigenvalue weighted by atomic mass is 16.5. The highest BCUT2D eigenvalue weighted by Gasteiger charge is 2.34. The Balaban J connectivity index is 1.39. The predicted molar refractivity (Wildman–Crippen MR) is 92.0 cm³/mol. The SMILES string of the molecule is Cc1cc(C(=O)N2CC(Oc3cc(C)n(C4CC4)c(=O)c3)C2)n(C)n1. The Morgan fingerprint density at radius 1 is 1.20 bits per heavy atom. The predicted octanol–water partition coefficient (Wildman–Crippen LogP) is 1.44. The van der Waals surface area contributed by atoms with Crippen LogP contribution in [0, 0.1) is 13.8 Å². The molecule has 0 spiro atoms. The molecule has 7 nitrogen and oxygen atoms in total. The van der Waals surface area contributed by atoms with Gasteiger partial charge >= 0.3 is 0 Å². The van der Waals surface area contributed by atoms with Crippen molar-refractivity contribution in [1.82, 2.24) is 19.2 Å². The molecule has 132 valence electrons. The van der Waals surface area contributed by atoms with Crippen LogP contribution >= 0.6 is 0 Å². The third-order valence-electron chi connectivity index (χ3n) is 4.81. The van der Waals surface area contributed by atoms with Crippen LogP contribution in [0.1, 0.15) is 40.8 Å².